The minimum absolute atomic E-state index is 0.0464. The Morgan fingerprint density at radius 3 is 2.32 bits per heavy atom. The molecule has 0 heterocycles. The fraction of sp³-hybridized carbons (Fsp3) is 0.176. The number of aliphatic carboxylic acids is 1. The molecular formula is C17H16INO3. The van der Waals surface area contributed by atoms with E-state index in [1.54, 1.807) is 6.07 Å². The van der Waals surface area contributed by atoms with Gasteiger partial charge in [-0.1, -0.05) is 42.5 Å². The van der Waals surface area contributed by atoms with Crippen LogP contribution in [0.2, 0.25) is 0 Å². The zero-order valence-electron chi connectivity index (χ0n) is 11.8. The van der Waals surface area contributed by atoms with Crippen molar-refractivity contribution in [3.8, 4) is 0 Å². The van der Waals surface area contributed by atoms with Gasteiger partial charge in [0.1, 0.15) is 0 Å². The second-order valence-electron chi connectivity index (χ2n) is 4.96. The summed E-state index contributed by atoms with van der Waals surface area (Å²) >= 11 is 2.13. The molecule has 0 saturated heterocycles. The Labute approximate surface area is 142 Å². The Morgan fingerprint density at radius 2 is 1.68 bits per heavy atom. The first-order valence-corrected chi connectivity index (χ1v) is 7.95. The minimum Gasteiger partial charge on any atom is -0.481 e. The highest BCUT2D eigenvalue weighted by Crippen LogP contribution is 2.19. The topological polar surface area (TPSA) is 66.4 Å². The van der Waals surface area contributed by atoms with E-state index in [-0.39, 0.29) is 12.3 Å². The summed E-state index contributed by atoms with van der Waals surface area (Å²) in [5, 5.41) is 12.1. The Kier molecular flexibility index (Phi) is 5.94. The number of carbonyl (C=O) groups excluding carboxylic acids is 1. The van der Waals surface area contributed by atoms with Gasteiger partial charge in [-0.2, -0.15) is 0 Å². The van der Waals surface area contributed by atoms with Crippen LogP contribution < -0.4 is 5.32 Å². The first kappa shape index (κ1) is 16.5. The van der Waals surface area contributed by atoms with Crippen molar-refractivity contribution in [1.29, 1.82) is 0 Å². The van der Waals surface area contributed by atoms with Gasteiger partial charge in [0.25, 0.3) is 0 Å². The van der Waals surface area contributed by atoms with E-state index in [1.807, 2.05) is 48.5 Å². The standard InChI is InChI=1S/C17H16INO3/c18-14-8-4-5-9-15(14)19-16(20)11-13(17(21)22)10-12-6-2-1-3-7-12/h1-9,13H,10-11H2,(H,19,20)(H,21,22)/t13-/m1/s1. The van der Waals surface area contributed by atoms with Gasteiger partial charge < -0.3 is 10.4 Å². The lowest BCUT2D eigenvalue weighted by molar-refractivity contribution is -0.143. The highest BCUT2D eigenvalue weighted by atomic mass is 127. The maximum absolute atomic E-state index is 12.1. The third kappa shape index (κ3) is 4.84. The normalized spacial score (nSPS) is 11.7. The average molecular weight is 409 g/mol. The van der Waals surface area contributed by atoms with Crippen molar-refractivity contribution in [3.63, 3.8) is 0 Å². The largest absolute Gasteiger partial charge is 0.481 e. The number of para-hydroxylation sites is 1. The van der Waals surface area contributed by atoms with E-state index in [0.29, 0.717) is 12.1 Å². The Balaban J connectivity index is 2.00. The number of benzene rings is 2. The van der Waals surface area contributed by atoms with Crippen LogP contribution in [0.3, 0.4) is 0 Å². The molecule has 2 aromatic carbocycles. The molecule has 1 amide bonds. The highest BCUT2D eigenvalue weighted by molar-refractivity contribution is 14.1. The van der Waals surface area contributed by atoms with E-state index < -0.39 is 11.9 Å². The third-order valence-corrected chi connectivity index (χ3v) is 4.19. The van der Waals surface area contributed by atoms with E-state index in [9.17, 15) is 14.7 Å². The van der Waals surface area contributed by atoms with Gasteiger partial charge in [-0.15, -0.1) is 0 Å². The molecule has 0 radical (unpaired) electrons. The molecule has 4 nitrogen and oxygen atoms in total. The summed E-state index contributed by atoms with van der Waals surface area (Å²) < 4.78 is 0.920. The molecule has 2 aromatic rings. The van der Waals surface area contributed by atoms with Crippen molar-refractivity contribution in [3.05, 3.63) is 63.7 Å². The summed E-state index contributed by atoms with van der Waals surface area (Å²) in [5.41, 5.74) is 1.62. The molecule has 22 heavy (non-hydrogen) atoms. The van der Waals surface area contributed by atoms with Crippen LogP contribution in [0.4, 0.5) is 5.69 Å². The number of rotatable bonds is 6. The molecule has 0 fully saturated rings. The molecule has 0 aliphatic heterocycles. The lowest BCUT2D eigenvalue weighted by Gasteiger charge is -2.13. The molecule has 5 heteroatoms. The van der Waals surface area contributed by atoms with E-state index >= 15 is 0 Å². The second-order valence-corrected chi connectivity index (χ2v) is 6.12. The van der Waals surface area contributed by atoms with Gasteiger partial charge in [0.2, 0.25) is 5.91 Å². The number of nitrogens with one attached hydrogen (secondary N) is 1. The zero-order valence-corrected chi connectivity index (χ0v) is 14.0. The molecule has 0 bridgehead atoms. The van der Waals surface area contributed by atoms with Crippen molar-refractivity contribution >= 4 is 40.2 Å². The third-order valence-electron chi connectivity index (χ3n) is 3.25. The van der Waals surface area contributed by atoms with Gasteiger partial charge in [0.05, 0.1) is 11.6 Å². The SMILES string of the molecule is O=C(C[C@@H](Cc1ccccc1)C(=O)O)Nc1ccccc1I. The molecule has 0 aromatic heterocycles. The molecule has 1 atom stereocenters. The first-order valence-electron chi connectivity index (χ1n) is 6.87. The van der Waals surface area contributed by atoms with Crippen molar-refractivity contribution < 1.29 is 14.7 Å². The van der Waals surface area contributed by atoms with E-state index in [2.05, 4.69) is 27.9 Å². The molecule has 2 rings (SSSR count). The van der Waals surface area contributed by atoms with Crippen LogP contribution in [-0.4, -0.2) is 17.0 Å². The highest BCUT2D eigenvalue weighted by Gasteiger charge is 2.22. The number of carboxylic acid groups (broad SMARTS) is 1. The number of anilines is 1. The molecule has 114 valence electrons. The summed E-state index contributed by atoms with van der Waals surface area (Å²) in [6.45, 7) is 0. The van der Waals surface area contributed by atoms with Crippen LogP contribution in [0.25, 0.3) is 0 Å². The van der Waals surface area contributed by atoms with Crippen LogP contribution in [-0.2, 0) is 16.0 Å². The summed E-state index contributed by atoms with van der Waals surface area (Å²) in [7, 11) is 0. The van der Waals surface area contributed by atoms with Gasteiger partial charge >= 0.3 is 5.97 Å². The molecule has 0 unspecified atom stereocenters. The number of carboxylic acids is 1. The van der Waals surface area contributed by atoms with Crippen molar-refractivity contribution in [2.45, 2.75) is 12.8 Å². The fourth-order valence-electron chi connectivity index (χ4n) is 2.13. The molecule has 0 aliphatic rings. The van der Waals surface area contributed by atoms with Crippen molar-refractivity contribution in [2.75, 3.05) is 5.32 Å². The Hall–Kier alpha value is -1.89. The maximum Gasteiger partial charge on any atom is 0.307 e. The van der Waals surface area contributed by atoms with Crippen LogP contribution >= 0.6 is 22.6 Å². The average Bonchev–Trinajstić information content (AvgIpc) is 2.50. The zero-order chi connectivity index (χ0) is 15.9. The number of hydrogen-bond donors (Lipinski definition) is 2. The number of carbonyl (C=O) groups is 2. The lowest BCUT2D eigenvalue weighted by Crippen LogP contribution is -2.24. The van der Waals surface area contributed by atoms with Crippen LogP contribution in [0.5, 0.6) is 0 Å². The predicted molar refractivity (Wildman–Crippen MR) is 93.7 cm³/mol. The van der Waals surface area contributed by atoms with Crippen LogP contribution in [0, 0.1) is 9.49 Å². The summed E-state index contributed by atoms with van der Waals surface area (Å²) in [4.78, 5) is 23.5. The Morgan fingerprint density at radius 1 is 1.05 bits per heavy atom. The molecule has 0 aliphatic carbocycles. The molecule has 0 saturated carbocycles. The van der Waals surface area contributed by atoms with E-state index in [0.717, 1.165) is 9.13 Å². The monoisotopic (exact) mass is 409 g/mol. The number of halogens is 1. The van der Waals surface area contributed by atoms with Gasteiger partial charge in [-0.25, -0.2) is 0 Å². The van der Waals surface area contributed by atoms with Gasteiger partial charge in [0.15, 0.2) is 0 Å². The predicted octanol–water partition coefficient (Wildman–Crippen LogP) is 3.56. The smallest absolute Gasteiger partial charge is 0.307 e. The van der Waals surface area contributed by atoms with Gasteiger partial charge in [-0.3, -0.25) is 9.59 Å². The lowest BCUT2D eigenvalue weighted by atomic mass is 9.96. The molecule has 2 N–H and O–H groups in total. The molecule has 0 spiro atoms. The fourth-order valence-corrected chi connectivity index (χ4v) is 2.66. The first-order chi connectivity index (χ1) is 10.6. The minimum atomic E-state index is -0.957. The van der Waals surface area contributed by atoms with Gasteiger partial charge in [-0.05, 0) is 46.7 Å². The van der Waals surface area contributed by atoms with Crippen LogP contribution in [0.15, 0.2) is 54.6 Å². The number of amides is 1. The van der Waals surface area contributed by atoms with Crippen molar-refractivity contribution in [1.82, 2.24) is 0 Å². The summed E-state index contributed by atoms with van der Waals surface area (Å²) in [6.07, 6.45) is 0.296. The van der Waals surface area contributed by atoms with Gasteiger partial charge in [0, 0.05) is 9.99 Å². The second kappa shape index (κ2) is 7.93. The van der Waals surface area contributed by atoms with E-state index in [4.69, 9.17) is 0 Å². The maximum atomic E-state index is 12.1. The molecular weight excluding hydrogens is 393 g/mol. The Bertz CT molecular complexity index is 658. The quantitative estimate of drug-likeness (QED) is 0.718. The summed E-state index contributed by atoms with van der Waals surface area (Å²) in [6, 6.07) is 16.7. The van der Waals surface area contributed by atoms with E-state index in [1.165, 1.54) is 0 Å². The summed E-state index contributed by atoms with van der Waals surface area (Å²) in [5.74, 6) is -1.97. The van der Waals surface area contributed by atoms with Crippen molar-refractivity contribution in [2.24, 2.45) is 5.92 Å². The number of hydrogen-bond acceptors (Lipinski definition) is 2. The van der Waals surface area contributed by atoms with Crippen LogP contribution in [0.1, 0.15) is 12.0 Å².